The number of halogens is 1. The standard InChI is InChI=1S/C19H20FNO2S/c1-13(22)14-10-11-21(12-14)19(23)9-7-15-6-8-18(24-15)16-4-2-3-5-17(16)20/h2-9,13-14,22H,10-12H2,1H3/b9-7+. The van der Waals surface area contributed by atoms with Crippen LogP contribution in [0.3, 0.4) is 0 Å². The van der Waals surface area contributed by atoms with Crippen LogP contribution in [-0.2, 0) is 4.79 Å². The molecule has 1 amide bonds. The fraction of sp³-hybridized carbons (Fsp3) is 0.316. The average molecular weight is 345 g/mol. The summed E-state index contributed by atoms with van der Waals surface area (Å²) in [5.74, 6) is -0.122. The zero-order valence-electron chi connectivity index (χ0n) is 13.5. The fourth-order valence-electron chi connectivity index (χ4n) is 2.89. The van der Waals surface area contributed by atoms with Crippen LogP contribution >= 0.6 is 11.3 Å². The Morgan fingerprint density at radius 1 is 1.38 bits per heavy atom. The Bertz CT molecular complexity index is 753. The molecule has 3 nitrogen and oxygen atoms in total. The van der Waals surface area contributed by atoms with Gasteiger partial charge in [-0.3, -0.25) is 4.79 Å². The van der Waals surface area contributed by atoms with E-state index in [4.69, 9.17) is 0 Å². The Morgan fingerprint density at radius 3 is 2.88 bits per heavy atom. The molecule has 1 aromatic heterocycles. The first-order valence-electron chi connectivity index (χ1n) is 8.04. The number of amides is 1. The number of hydrogen-bond acceptors (Lipinski definition) is 3. The van der Waals surface area contributed by atoms with Crippen molar-refractivity contribution in [2.45, 2.75) is 19.4 Å². The Kier molecular flexibility index (Phi) is 5.11. The summed E-state index contributed by atoms with van der Waals surface area (Å²) >= 11 is 1.45. The molecule has 0 aliphatic carbocycles. The van der Waals surface area contributed by atoms with Crippen LogP contribution < -0.4 is 0 Å². The maximum absolute atomic E-state index is 13.8. The number of rotatable bonds is 4. The van der Waals surface area contributed by atoms with Crippen LogP contribution in [0.15, 0.2) is 42.5 Å². The van der Waals surface area contributed by atoms with Crippen molar-refractivity contribution >= 4 is 23.3 Å². The van der Waals surface area contributed by atoms with Crippen molar-refractivity contribution in [3.63, 3.8) is 0 Å². The highest BCUT2D eigenvalue weighted by molar-refractivity contribution is 7.16. The number of likely N-dealkylation sites (tertiary alicyclic amines) is 1. The van der Waals surface area contributed by atoms with E-state index in [0.29, 0.717) is 18.7 Å². The molecule has 1 fully saturated rings. The Hall–Kier alpha value is -1.98. The second kappa shape index (κ2) is 7.28. The van der Waals surface area contributed by atoms with Crippen molar-refractivity contribution in [3.05, 3.63) is 53.2 Å². The highest BCUT2D eigenvalue weighted by Gasteiger charge is 2.27. The molecule has 1 aliphatic rings. The van der Waals surface area contributed by atoms with E-state index in [2.05, 4.69) is 0 Å². The van der Waals surface area contributed by atoms with Gasteiger partial charge in [-0.05, 0) is 37.6 Å². The van der Waals surface area contributed by atoms with Crippen LogP contribution in [0.2, 0.25) is 0 Å². The van der Waals surface area contributed by atoms with Crippen LogP contribution in [-0.4, -0.2) is 35.1 Å². The van der Waals surface area contributed by atoms with Gasteiger partial charge in [0.2, 0.25) is 5.91 Å². The zero-order valence-corrected chi connectivity index (χ0v) is 14.3. The molecule has 0 radical (unpaired) electrons. The van der Waals surface area contributed by atoms with Gasteiger partial charge in [-0.25, -0.2) is 4.39 Å². The lowest BCUT2D eigenvalue weighted by Gasteiger charge is -2.15. The summed E-state index contributed by atoms with van der Waals surface area (Å²) in [6, 6.07) is 10.4. The molecule has 2 heterocycles. The van der Waals surface area contributed by atoms with Crippen LogP contribution in [0, 0.1) is 11.7 Å². The minimum atomic E-state index is -0.382. The molecule has 2 unspecified atom stereocenters. The van der Waals surface area contributed by atoms with Gasteiger partial charge in [0.25, 0.3) is 0 Å². The molecule has 2 atom stereocenters. The van der Waals surface area contributed by atoms with Crippen molar-refractivity contribution in [2.24, 2.45) is 5.92 Å². The molecule has 2 aromatic rings. The summed E-state index contributed by atoms with van der Waals surface area (Å²) in [4.78, 5) is 15.7. The second-order valence-corrected chi connectivity index (χ2v) is 7.20. The van der Waals surface area contributed by atoms with E-state index in [-0.39, 0.29) is 23.7 Å². The highest BCUT2D eigenvalue weighted by Crippen LogP contribution is 2.30. The van der Waals surface area contributed by atoms with Gasteiger partial charge in [-0.2, -0.15) is 0 Å². The Labute approximate surface area is 145 Å². The van der Waals surface area contributed by atoms with Crippen molar-refractivity contribution in [1.82, 2.24) is 4.90 Å². The van der Waals surface area contributed by atoms with E-state index in [1.165, 1.54) is 17.4 Å². The van der Waals surface area contributed by atoms with Gasteiger partial charge in [0.15, 0.2) is 0 Å². The summed E-state index contributed by atoms with van der Waals surface area (Å²) in [5.41, 5.74) is 0.577. The van der Waals surface area contributed by atoms with Crippen molar-refractivity contribution in [3.8, 4) is 10.4 Å². The molecule has 0 saturated carbocycles. The number of carbonyl (C=O) groups is 1. The van der Waals surface area contributed by atoms with Crippen LogP contribution in [0.1, 0.15) is 18.2 Å². The van der Waals surface area contributed by atoms with Crippen molar-refractivity contribution < 1.29 is 14.3 Å². The first-order valence-corrected chi connectivity index (χ1v) is 8.86. The lowest BCUT2D eigenvalue weighted by Crippen LogP contribution is -2.28. The highest BCUT2D eigenvalue weighted by atomic mass is 32.1. The van der Waals surface area contributed by atoms with Gasteiger partial charge in [-0.1, -0.05) is 18.2 Å². The largest absolute Gasteiger partial charge is 0.393 e. The SMILES string of the molecule is CC(O)C1CCN(C(=O)/C=C/c2ccc(-c3ccccc3F)s2)C1. The van der Waals surface area contributed by atoms with E-state index in [1.807, 2.05) is 18.2 Å². The molecule has 126 valence electrons. The topological polar surface area (TPSA) is 40.5 Å². The molecule has 1 aliphatic heterocycles. The third-order valence-corrected chi connectivity index (χ3v) is 5.46. The lowest BCUT2D eigenvalue weighted by atomic mass is 10.0. The quantitative estimate of drug-likeness (QED) is 0.857. The minimum Gasteiger partial charge on any atom is -0.393 e. The molecule has 1 saturated heterocycles. The second-order valence-electron chi connectivity index (χ2n) is 6.09. The number of benzene rings is 1. The molecular weight excluding hydrogens is 325 g/mol. The van der Waals surface area contributed by atoms with E-state index < -0.39 is 0 Å². The normalized spacial score (nSPS) is 19.1. The Morgan fingerprint density at radius 2 is 2.17 bits per heavy atom. The number of carbonyl (C=O) groups excluding carboxylic acids is 1. The maximum Gasteiger partial charge on any atom is 0.246 e. The average Bonchev–Trinajstić information content (AvgIpc) is 3.22. The summed E-state index contributed by atoms with van der Waals surface area (Å²) in [5, 5.41) is 9.61. The summed E-state index contributed by atoms with van der Waals surface area (Å²) in [7, 11) is 0. The van der Waals surface area contributed by atoms with Gasteiger partial charge in [0, 0.05) is 40.4 Å². The number of hydrogen-bond donors (Lipinski definition) is 1. The molecule has 1 N–H and O–H groups in total. The maximum atomic E-state index is 13.8. The van der Waals surface area contributed by atoms with Gasteiger partial charge >= 0.3 is 0 Å². The summed E-state index contributed by atoms with van der Waals surface area (Å²) in [6.07, 6.45) is 3.79. The number of aliphatic hydroxyl groups excluding tert-OH is 1. The monoisotopic (exact) mass is 345 g/mol. The number of thiophene rings is 1. The lowest BCUT2D eigenvalue weighted by molar-refractivity contribution is -0.125. The molecule has 0 bridgehead atoms. The third kappa shape index (κ3) is 3.74. The van der Waals surface area contributed by atoms with Crippen LogP contribution in [0.25, 0.3) is 16.5 Å². The number of aliphatic hydroxyl groups is 1. The molecule has 1 aromatic carbocycles. The minimum absolute atomic E-state index is 0.0426. The van der Waals surface area contributed by atoms with Gasteiger partial charge in [-0.15, -0.1) is 11.3 Å². The van der Waals surface area contributed by atoms with Gasteiger partial charge in [0.05, 0.1) is 6.10 Å². The zero-order chi connectivity index (χ0) is 17.1. The molecule has 24 heavy (non-hydrogen) atoms. The predicted molar refractivity (Wildman–Crippen MR) is 95.1 cm³/mol. The van der Waals surface area contributed by atoms with E-state index in [0.717, 1.165) is 16.2 Å². The first kappa shape index (κ1) is 16.9. The van der Waals surface area contributed by atoms with Gasteiger partial charge in [0.1, 0.15) is 5.82 Å². The first-order chi connectivity index (χ1) is 11.5. The molecular formula is C19H20FNO2S. The molecule has 0 spiro atoms. The summed E-state index contributed by atoms with van der Waals surface area (Å²) in [6.45, 7) is 3.06. The van der Waals surface area contributed by atoms with Crippen molar-refractivity contribution in [2.75, 3.05) is 13.1 Å². The predicted octanol–water partition coefficient (Wildman–Crippen LogP) is 3.80. The molecule has 5 heteroatoms. The van der Waals surface area contributed by atoms with Crippen molar-refractivity contribution in [1.29, 1.82) is 0 Å². The van der Waals surface area contributed by atoms with Gasteiger partial charge < -0.3 is 10.0 Å². The summed E-state index contributed by atoms with van der Waals surface area (Å²) < 4.78 is 13.8. The molecule has 3 rings (SSSR count). The third-order valence-electron chi connectivity index (χ3n) is 4.37. The van der Waals surface area contributed by atoms with E-state index in [1.54, 1.807) is 36.1 Å². The van der Waals surface area contributed by atoms with E-state index in [9.17, 15) is 14.3 Å². The fourth-order valence-corrected chi connectivity index (χ4v) is 3.83. The Balaban J connectivity index is 1.66. The van der Waals surface area contributed by atoms with E-state index >= 15 is 0 Å². The smallest absolute Gasteiger partial charge is 0.246 e. The van der Waals surface area contributed by atoms with Crippen LogP contribution in [0.5, 0.6) is 0 Å². The van der Waals surface area contributed by atoms with Crippen LogP contribution in [0.4, 0.5) is 4.39 Å². The number of nitrogens with zero attached hydrogens (tertiary/aromatic N) is 1.